The Morgan fingerprint density at radius 3 is 2.37 bits per heavy atom. The molecule has 0 amide bonds. The van der Waals surface area contributed by atoms with Crippen molar-refractivity contribution in [3.05, 3.63) is 87.2 Å². The van der Waals surface area contributed by atoms with E-state index in [2.05, 4.69) is 34.0 Å². The number of nitrogens with one attached hydrogen (secondary N) is 1. The predicted molar refractivity (Wildman–Crippen MR) is 115 cm³/mol. The Morgan fingerprint density at radius 1 is 0.926 bits per heavy atom. The fourth-order valence-electron chi connectivity index (χ4n) is 2.62. The van der Waals surface area contributed by atoms with Crippen LogP contribution in [0.5, 0.6) is 11.5 Å². The van der Waals surface area contributed by atoms with Gasteiger partial charge in [-0.3, -0.25) is 0 Å². The van der Waals surface area contributed by atoms with E-state index in [4.69, 9.17) is 9.47 Å². The molecule has 140 valence electrons. The highest BCUT2D eigenvalue weighted by atomic mass is 127. The second kappa shape index (κ2) is 9.60. The van der Waals surface area contributed by atoms with Crippen molar-refractivity contribution in [2.45, 2.75) is 20.1 Å². The summed E-state index contributed by atoms with van der Waals surface area (Å²) in [5, 5.41) is 3.40. The van der Waals surface area contributed by atoms with Crippen LogP contribution in [0.15, 0.2) is 66.7 Å². The summed E-state index contributed by atoms with van der Waals surface area (Å²) < 4.78 is 25.8. The van der Waals surface area contributed by atoms with E-state index in [1.165, 1.54) is 12.1 Å². The second-order valence-corrected chi connectivity index (χ2v) is 7.13. The van der Waals surface area contributed by atoms with Gasteiger partial charge in [0, 0.05) is 12.2 Å². The molecule has 3 nitrogen and oxygen atoms in total. The number of ether oxygens (including phenoxy) is 2. The number of benzene rings is 3. The fraction of sp³-hybridized carbons (Fsp3) is 0.182. The normalized spacial score (nSPS) is 10.5. The molecule has 0 radical (unpaired) electrons. The average Bonchev–Trinajstić information content (AvgIpc) is 2.68. The molecule has 0 aromatic heterocycles. The van der Waals surface area contributed by atoms with Gasteiger partial charge in [-0.1, -0.05) is 30.3 Å². The number of hydrogen-bond acceptors (Lipinski definition) is 3. The van der Waals surface area contributed by atoms with Crippen LogP contribution < -0.4 is 14.8 Å². The van der Waals surface area contributed by atoms with Gasteiger partial charge >= 0.3 is 0 Å². The van der Waals surface area contributed by atoms with Crippen LogP contribution in [0.3, 0.4) is 0 Å². The zero-order valence-electron chi connectivity index (χ0n) is 15.0. The lowest BCUT2D eigenvalue weighted by Gasteiger charge is -2.16. The Balaban J connectivity index is 1.74. The van der Waals surface area contributed by atoms with Crippen molar-refractivity contribution < 1.29 is 13.9 Å². The summed E-state index contributed by atoms with van der Waals surface area (Å²) >= 11 is 2.26. The average molecular weight is 477 g/mol. The van der Waals surface area contributed by atoms with E-state index in [1.54, 1.807) is 12.1 Å². The van der Waals surface area contributed by atoms with Crippen molar-refractivity contribution in [1.29, 1.82) is 0 Å². The van der Waals surface area contributed by atoms with Gasteiger partial charge in [0.1, 0.15) is 12.4 Å². The topological polar surface area (TPSA) is 30.5 Å². The second-order valence-electron chi connectivity index (χ2n) is 5.97. The molecule has 1 N–H and O–H groups in total. The smallest absolute Gasteiger partial charge is 0.174 e. The Bertz CT molecular complexity index is 869. The third-order valence-corrected chi connectivity index (χ3v) is 4.74. The van der Waals surface area contributed by atoms with Crippen molar-refractivity contribution in [2.24, 2.45) is 0 Å². The third kappa shape index (κ3) is 5.60. The minimum Gasteiger partial charge on any atom is -0.490 e. The maximum absolute atomic E-state index is 13.1. The molecule has 0 saturated heterocycles. The van der Waals surface area contributed by atoms with Gasteiger partial charge in [-0.15, -0.1) is 0 Å². The Kier molecular flexibility index (Phi) is 6.92. The van der Waals surface area contributed by atoms with Crippen LogP contribution in [0.1, 0.15) is 18.1 Å². The molecule has 5 heteroatoms. The summed E-state index contributed by atoms with van der Waals surface area (Å²) in [6.07, 6.45) is 0. The number of para-hydroxylation sites is 1. The molecule has 0 bridgehead atoms. The SMILES string of the molecule is CCOc1cc(CNc2ccccc2)cc(I)c1OCc1ccc(F)cc1. The van der Waals surface area contributed by atoms with Crippen LogP contribution in [0.2, 0.25) is 0 Å². The van der Waals surface area contributed by atoms with Crippen LogP contribution in [-0.2, 0) is 13.2 Å². The molecule has 27 heavy (non-hydrogen) atoms. The first-order chi connectivity index (χ1) is 13.2. The highest BCUT2D eigenvalue weighted by Gasteiger charge is 2.13. The van der Waals surface area contributed by atoms with Crippen LogP contribution in [0, 0.1) is 9.39 Å². The van der Waals surface area contributed by atoms with E-state index in [0.29, 0.717) is 25.5 Å². The monoisotopic (exact) mass is 477 g/mol. The first-order valence-electron chi connectivity index (χ1n) is 8.77. The van der Waals surface area contributed by atoms with Crippen molar-refractivity contribution in [1.82, 2.24) is 0 Å². The summed E-state index contributed by atoms with van der Waals surface area (Å²) in [7, 11) is 0. The number of halogens is 2. The predicted octanol–water partition coefficient (Wildman–Crippen LogP) is 6.02. The number of rotatable bonds is 8. The van der Waals surface area contributed by atoms with Gasteiger partial charge in [0.25, 0.3) is 0 Å². The number of anilines is 1. The minimum absolute atomic E-state index is 0.251. The first kappa shape index (κ1) is 19.5. The van der Waals surface area contributed by atoms with E-state index >= 15 is 0 Å². The minimum atomic E-state index is -0.251. The molecule has 3 aromatic carbocycles. The lowest BCUT2D eigenvalue weighted by molar-refractivity contribution is 0.267. The van der Waals surface area contributed by atoms with Crippen LogP contribution in [-0.4, -0.2) is 6.61 Å². The summed E-state index contributed by atoms with van der Waals surface area (Å²) in [5.41, 5.74) is 3.09. The molecule has 0 unspecified atom stereocenters. The van der Waals surface area contributed by atoms with Crippen LogP contribution in [0.25, 0.3) is 0 Å². The zero-order valence-corrected chi connectivity index (χ0v) is 17.2. The highest BCUT2D eigenvalue weighted by molar-refractivity contribution is 14.1. The summed E-state index contributed by atoms with van der Waals surface area (Å²) in [5.74, 6) is 1.18. The molecule has 0 spiro atoms. The van der Waals surface area contributed by atoms with Gasteiger partial charge in [-0.25, -0.2) is 4.39 Å². The Hall–Kier alpha value is -2.28. The zero-order chi connectivity index (χ0) is 19.1. The van der Waals surface area contributed by atoms with Gasteiger partial charge in [-0.05, 0) is 77.0 Å². The standard InChI is InChI=1S/C22H21FINO2/c1-2-26-21-13-17(14-25-19-6-4-3-5-7-19)12-20(24)22(21)27-15-16-8-10-18(23)11-9-16/h3-13,25H,2,14-15H2,1H3. The van der Waals surface area contributed by atoms with E-state index in [9.17, 15) is 4.39 Å². The first-order valence-corrected chi connectivity index (χ1v) is 9.85. The molecule has 0 aliphatic heterocycles. The summed E-state index contributed by atoms with van der Waals surface area (Å²) in [6.45, 7) is 3.56. The number of hydrogen-bond donors (Lipinski definition) is 1. The molecule has 3 rings (SSSR count). The van der Waals surface area contributed by atoms with E-state index in [-0.39, 0.29) is 5.82 Å². The molecule has 0 aliphatic carbocycles. The Morgan fingerprint density at radius 2 is 1.67 bits per heavy atom. The molecule has 0 heterocycles. The van der Waals surface area contributed by atoms with Crippen molar-refractivity contribution in [3.63, 3.8) is 0 Å². The fourth-order valence-corrected chi connectivity index (χ4v) is 3.44. The highest BCUT2D eigenvalue weighted by Crippen LogP contribution is 2.35. The van der Waals surface area contributed by atoms with Gasteiger partial charge in [-0.2, -0.15) is 0 Å². The molecular formula is C22H21FINO2. The molecular weight excluding hydrogens is 456 g/mol. The van der Waals surface area contributed by atoms with Gasteiger partial charge in [0.15, 0.2) is 11.5 Å². The molecule has 0 fully saturated rings. The lowest BCUT2D eigenvalue weighted by Crippen LogP contribution is -2.05. The van der Waals surface area contributed by atoms with Gasteiger partial charge in [0.05, 0.1) is 10.2 Å². The van der Waals surface area contributed by atoms with Gasteiger partial charge < -0.3 is 14.8 Å². The maximum atomic E-state index is 13.1. The van der Waals surface area contributed by atoms with Crippen LogP contribution in [0.4, 0.5) is 10.1 Å². The van der Waals surface area contributed by atoms with Gasteiger partial charge in [0.2, 0.25) is 0 Å². The van der Waals surface area contributed by atoms with E-state index in [1.807, 2.05) is 43.3 Å². The van der Waals surface area contributed by atoms with E-state index in [0.717, 1.165) is 26.1 Å². The molecule has 0 aliphatic rings. The quantitative estimate of drug-likeness (QED) is 0.403. The largest absolute Gasteiger partial charge is 0.490 e. The Labute approximate surface area is 172 Å². The summed E-state index contributed by atoms with van der Waals surface area (Å²) in [6, 6.07) is 20.5. The van der Waals surface area contributed by atoms with E-state index < -0.39 is 0 Å². The maximum Gasteiger partial charge on any atom is 0.174 e. The van der Waals surface area contributed by atoms with Crippen LogP contribution >= 0.6 is 22.6 Å². The molecule has 3 aromatic rings. The van der Waals surface area contributed by atoms with Crippen molar-refractivity contribution in [2.75, 3.05) is 11.9 Å². The van der Waals surface area contributed by atoms with Crippen molar-refractivity contribution >= 4 is 28.3 Å². The lowest BCUT2D eigenvalue weighted by atomic mass is 10.2. The van der Waals surface area contributed by atoms with Crippen molar-refractivity contribution in [3.8, 4) is 11.5 Å². The molecule has 0 saturated carbocycles. The third-order valence-electron chi connectivity index (χ3n) is 3.94. The molecule has 0 atom stereocenters. The summed E-state index contributed by atoms with van der Waals surface area (Å²) in [4.78, 5) is 0.